The number of nitrogens with two attached hydrogens (primary N) is 1. The fourth-order valence-electron chi connectivity index (χ4n) is 2.70. The predicted molar refractivity (Wildman–Crippen MR) is 104 cm³/mol. The second-order valence-corrected chi connectivity index (χ2v) is 6.47. The topological polar surface area (TPSA) is 82.0 Å². The summed E-state index contributed by atoms with van der Waals surface area (Å²) in [7, 11) is 3.70. The SMILES string of the molecule is CN(C)c1ccc(-c2ccc(-n3cnn(CC(CN)=C(F)F)c3=O)cc2F)cn1. The fourth-order valence-corrected chi connectivity index (χ4v) is 2.70. The third-order valence-electron chi connectivity index (χ3n) is 4.34. The van der Waals surface area contributed by atoms with Crippen LogP contribution in [0.3, 0.4) is 0 Å². The molecule has 3 rings (SSSR count). The summed E-state index contributed by atoms with van der Waals surface area (Å²) in [5.41, 5.74) is 5.31. The van der Waals surface area contributed by atoms with Crippen LogP contribution in [0.2, 0.25) is 0 Å². The number of aromatic nitrogens is 4. The van der Waals surface area contributed by atoms with E-state index in [2.05, 4.69) is 10.1 Å². The maximum atomic E-state index is 14.7. The molecule has 0 unspecified atom stereocenters. The van der Waals surface area contributed by atoms with Crippen LogP contribution >= 0.6 is 0 Å². The van der Waals surface area contributed by atoms with Crippen LogP contribution in [-0.4, -0.2) is 40.0 Å². The highest BCUT2D eigenvalue weighted by molar-refractivity contribution is 5.66. The number of nitrogens with zero attached hydrogens (tertiary/aromatic N) is 5. The molecule has 152 valence electrons. The molecule has 3 aromatic rings. The third kappa shape index (κ3) is 4.21. The molecular weight excluding hydrogens is 385 g/mol. The summed E-state index contributed by atoms with van der Waals surface area (Å²) in [4.78, 5) is 18.5. The third-order valence-corrected chi connectivity index (χ3v) is 4.34. The first-order valence-corrected chi connectivity index (χ1v) is 8.63. The van der Waals surface area contributed by atoms with Crippen molar-refractivity contribution in [1.82, 2.24) is 19.3 Å². The zero-order valence-corrected chi connectivity index (χ0v) is 15.8. The second kappa shape index (κ2) is 8.31. The van der Waals surface area contributed by atoms with E-state index in [0.29, 0.717) is 11.1 Å². The monoisotopic (exact) mass is 404 g/mol. The molecule has 10 heteroatoms. The Labute approximate surface area is 164 Å². The first-order chi connectivity index (χ1) is 13.8. The molecule has 2 heterocycles. The Balaban J connectivity index is 1.91. The molecule has 0 aliphatic heterocycles. The largest absolute Gasteiger partial charge is 0.363 e. The van der Waals surface area contributed by atoms with Gasteiger partial charge in [0.1, 0.15) is 18.0 Å². The van der Waals surface area contributed by atoms with Crippen molar-refractivity contribution >= 4 is 5.82 Å². The van der Waals surface area contributed by atoms with Crippen LogP contribution in [0, 0.1) is 5.82 Å². The predicted octanol–water partition coefficient (Wildman–Crippen LogP) is 2.41. The molecule has 2 aromatic heterocycles. The Bertz CT molecular complexity index is 1100. The number of benzene rings is 1. The van der Waals surface area contributed by atoms with Crippen LogP contribution in [0.1, 0.15) is 0 Å². The zero-order chi connectivity index (χ0) is 21.1. The lowest BCUT2D eigenvalue weighted by Gasteiger charge is -2.12. The summed E-state index contributed by atoms with van der Waals surface area (Å²) in [5, 5.41) is 3.81. The van der Waals surface area contributed by atoms with E-state index in [9.17, 15) is 18.0 Å². The minimum atomic E-state index is -1.95. The smallest absolute Gasteiger partial charge is 0.350 e. The number of rotatable bonds is 6. The molecule has 29 heavy (non-hydrogen) atoms. The average Bonchev–Trinajstić information content (AvgIpc) is 3.06. The lowest BCUT2D eigenvalue weighted by Crippen LogP contribution is -2.26. The molecule has 1 aromatic carbocycles. The molecule has 7 nitrogen and oxygen atoms in total. The molecule has 0 radical (unpaired) electrons. The lowest BCUT2D eigenvalue weighted by atomic mass is 10.1. The standard InChI is InChI=1S/C19H19F3N6O/c1-26(2)17-6-3-12(9-24-17)15-5-4-14(7-16(15)20)27-11-25-28(19(27)29)10-13(8-23)18(21)22/h3-7,9,11H,8,10,23H2,1-2H3. The summed E-state index contributed by atoms with van der Waals surface area (Å²) in [6, 6.07) is 7.76. The minimum Gasteiger partial charge on any atom is -0.363 e. The van der Waals surface area contributed by atoms with Crippen molar-refractivity contribution in [2.45, 2.75) is 6.54 Å². The van der Waals surface area contributed by atoms with Crippen LogP contribution in [-0.2, 0) is 6.54 Å². The summed E-state index contributed by atoms with van der Waals surface area (Å²) in [6.45, 7) is -0.833. The van der Waals surface area contributed by atoms with Crippen molar-refractivity contribution in [3.05, 3.63) is 70.8 Å². The van der Waals surface area contributed by atoms with Crippen molar-refractivity contribution in [3.8, 4) is 16.8 Å². The van der Waals surface area contributed by atoms with Crippen LogP contribution in [0.4, 0.5) is 19.0 Å². The van der Waals surface area contributed by atoms with Crippen LogP contribution < -0.4 is 16.3 Å². The molecule has 0 saturated heterocycles. The van der Waals surface area contributed by atoms with Crippen molar-refractivity contribution in [2.24, 2.45) is 5.73 Å². The summed E-state index contributed by atoms with van der Waals surface area (Å²) in [6.07, 6.45) is 0.761. The molecule has 0 fully saturated rings. The number of hydrogen-bond acceptors (Lipinski definition) is 5. The molecule has 0 saturated carbocycles. The lowest BCUT2D eigenvalue weighted by molar-refractivity contribution is 0.400. The van der Waals surface area contributed by atoms with E-state index < -0.39 is 36.3 Å². The quantitative estimate of drug-likeness (QED) is 0.682. The van der Waals surface area contributed by atoms with Gasteiger partial charge in [0.15, 0.2) is 0 Å². The number of pyridine rings is 1. The van der Waals surface area contributed by atoms with Gasteiger partial charge in [0, 0.05) is 43.5 Å². The highest BCUT2D eigenvalue weighted by Gasteiger charge is 2.14. The van der Waals surface area contributed by atoms with Gasteiger partial charge in [-0.05, 0) is 30.3 Å². The highest BCUT2D eigenvalue weighted by Crippen LogP contribution is 2.25. The Morgan fingerprint density at radius 2 is 1.97 bits per heavy atom. The number of halogens is 3. The van der Waals surface area contributed by atoms with E-state index in [0.717, 1.165) is 21.4 Å². The van der Waals surface area contributed by atoms with Gasteiger partial charge < -0.3 is 10.6 Å². The van der Waals surface area contributed by atoms with Gasteiger partial charge in [0.2, 0.25) is 0 Å². The summed E-state index contributed by atoms with van der Waals surface area (Å²) < 4.78 is 42.1. The van der Waals surface area contributed by atoms with Crippen molar-refractivity contribution in [1.29, 1.82) is 0 Å². The van der Waals surface area contributed by atoms with E-state index in [1.54, 1.807) is 24.4 Å². The van der Waals surface area contributed by atoms with Crippen LogP contribution in [0.5, 0.6) is 0 Å². The van der Waals surface area contributed by atoms with Crippen molar-refractivity contribution < 1.29 is 13.2 Å². The van der Waals surface area contributed by atoms with E-state index in [1.807, 2.05) is 19.0 Å². The summed E-state index contributed by atoms with van der Waals surface area (Å²) in [5.74, 6) is 0.180. The molecule has 0 amide bonds. The fraction of sp³-hybridized carbons (Fsp3) is 0.211. The molecule has 2 N–H and O–H groups in total. The van der Waals surface area contributed by atoms with Gasteiger partial charge >= 0.3 is 5.69 Å². The van der Waals surface area contributed by atoms with E-state index in [4.69, 9.17) is 5.73 Å². The molecule has 0 aliphatic carbocycles. The Hall–Kier alpha value is -3.40. The Morgan fingerprint density at radius 1 is 1.21 bits per heavy atom. The maximum absolute atomic E-state index is 14.7. The average molecular weight is 404 g/mol. The maximum Gasteiger partial charge on any atom is 0.350 e. The zero-order valence-electron chi connectivity index (χ0n) is 15.8. The number of hydrogen-bond donors (Lipinski definition) is 1. The second-order valence-electron chi connectivity index (χ2n) is 6.47. The normalized spacial score (nSPS) is 10.8. The van der Waals surface area contributed by atoms with Gasteiger partial charge in [0.25, 0.3) is 6.08 Å². The van der Waals surface area contributed by atoms with Gasteiger partial charge in [-0.2, -0.15) is 13.9 Å². The highest BCUT2D eigenvalue weighted by atomic mass is 19.3. The van der Waals surface area contributed by atoms with Gasteiger partial charge in [0.05, 0.1) is 12.2 Å². The molecule has 0 atom stereocenters. The molecular formula is C19H19F3N6O. The van der Waals surface area contributed by atoms with E-state index in [1.165, 1.54) is 12.1 Å². The van der Waals surface area contributed by atoms with Crippen LogP contribution in [0.15, 0.2) is 59.3 Å². The van der Waals surface area contributed by atoms with Crippen molar-refractivity contribution in [2.75, 3.05) is 25.5 Å². The molecule has 0 bridgehead atoms. The molecule has 0 spiro atoms. The van der Waals surface area contributed by atoms with Gasteiger partial charge in [-0.3, -0.25) is 0 Å². The molecule has 0 aliphatic rings. The van der Waals surface area contributed by atoms with E-state index >= 15 is 0 Å². The first-order valence-electron chi connectivity index (χ1n) is 8.63. The van der Waals surface area contributed by atoms with E-state index in [-0.39, 0.29) is 5.69 Å². The van der Waals surface area contributed by atoms with Crippen LogP contribution in [0.25, 0.3) is 16.8 Å². The Kier molecular flexibility index (Phi) is 5.83. The minimum absolute atomic E-state index is 0.222. The van der Waals surface area contributed by atoms with Gasteiger partial charge in [-0.1, -0.05) is 0 Å². The van der Waals surface area contributed by atoms with Gasteiger partial charge in [-0.25, -0.2) is 23.4 Å². The summed E-state index contributed by atoms with van der Waals surface area (Å²) >= 11 is 0. The van der Waals surface area contributed by atoms with Crippen molar-refractivity contribution in [3.63, 3.8) is 0 Å². The first kappa shape index (κ1) is 20.3. The number of anilines is 1. The van der Waals surface area contributed by atoms with Gasteiger partial charge in [-0.15, -0.1) is 0 Å². The Morgan fingerprint density at radius 3 is 2.52 bits per heavy atom.